The minimum atomic E-state index is 0.402. The molecule has 1 aromatic carbocycles. The van der Waals surface area contributed by atoms with Gasteiger partial charge in [-0.1, -0.05) is 11.6 Å². The van der Waals surface area contributed by atoms with Gasteiger partial charge >= 0.3 is 0 Å². The number of hydrogen-bond donors (Lipinski definition) is 0. The number of fused-ring (bicyclic) bond motifs is 1. The van der Waals surface area contributed by atoms with E-state index in [9.17, 15) is 0 Å². The van der Waals surface area contributed by atoms with Crippen LogP contribution in [0.2, 0.25) is 5.15 Å². The first-order chi connectivity index (χ1) is 9.72. The van der Waals surface area contributed by atoms with Crippen LogP contribution in [-0.2, 0) is 0 Å². The molecular formula is C14H11ClN2O2S. The topological polar surface area (TPSA) is 44.2 Å². The Kier molecular flexibility index (Phi) is 3.46. The highest BCUT2D eigenvalue weighted by Gasteiger charge is 2.14. The van der Waals surface area contributed by atoms with Crippen molar-refractivity contribution in [3.63, 3.8) is 0 Å². The van der Waals surface area contributed by atoms with Crippen LogP contribution < -0.4 is 9.47 Å². The Bertz CT molecular complexity index is 773. The molecule has 0 radical (unpaired) electrons. The molecular weight excluding hydrogens is 296 g/mol. The van der Waals surface area contributed by atoms with Crippen molar-refractivity contribution in [2.45, 2.75) is 0 Å². The van der Waals surface area contributed by atoms with Crippen molar-refractivity contribution in [3.05, 3.63) is 34.8 Å². The average Bonchev–Trinajstić information content (AvgIpc) is 2.95. The van der Waals surface area contributed by atoms with E-state index in [1.807, 2.05) is 29.6 Å². The normalized spacial score (nSPS) is 10.8. The number of thiophene rings is 1. The van der Waals surface area contributed by atoms with Gasteiger partial charge in [-0.05, 0) is 29.6 Å². The van der Waals surface area contributed by atoms with Crippen molar-refractivity contribution in [1.82, 2.24) is 9.97 Å². The molecule has 2 aromatic heterocycles. The van der Waals surface area contributed by atoms with Gasteiger partial charge in [0.1, 0.15) is 21.5 Å². The van der Waals surface area contributed by atoms with E-state index in [1.54, 1.807) is 14.2 Å². The number of aromatic nitrogens is 2. The molecule has 0 spiro atoms. The summed E-state index contributed by atoms with van der Waals surface area (Å²) in [7, 11) is 3.24. The smallest absolute Gasteiger partial charge is 0.175 e. The van der Waals surface area contributed by atoms with E-state index in [0.717, 1.165) is 27.3 Å². The van der Waals surface area contributed by atoms with E-state index in [4.69, 9.17) is 21.1 Å². The van der Waals surface area contributed by atoms with Crippen LogP contribution in [0.5, 0.6) is 11.5 Å². The summed E-state index contributed by atoms with van der Waals surface area (Å²) in [6, 6.07) is 7.43. The molecule has 3 rings (SSSR count). The lowest BCUT2D eigenvalue weighted by Crippen LogP contribution is -1.93. The molecule has 0 saturated heterocycles. The molecule has 0 bridgehead atoms. The van der Waals surface area contributed by atoms with Gasteiger partial charge in [-0.3, -0.25) is 0 Å². The van der Waals surface area contributed by atoms with Gasteiger partial charge in [0.25, 0.3) is 0 Å². The number of hydrogen-bond acceptors (Lipinski definition) is 5. The zero-order chi connectivity index (χ0) is 14.1. The monoisotopic (exact) mass is 306 g/mol. The maximum Gasteiger partial charge on any atom is 0.175 e. The van der Waals surface area contributed by atoms with E-state index in [0.29, 0.717) is 11.0 Å². The molecule has 102 valence electrons. The predicted octanol–water partition coefficient (Wildman–Crippen LogP) is 4.03. The Morgan fingerprint density at radius 3 is 2.70 bits per heavy atom. The summed E-state index contributed by atoms with van der Waals surface area (Å²) in [6.07, 6.45) is 0. The van der Waals surface area contributed by atoms with Gasteiger partial charge in [0, 0.05) is 5.39 Å². The second-order valence-corrected chi connectivity index (χ2v) is 5.31. The van der Waals surface area contributed by atoms with Gasteiger partial charge in [-0.15, -0.1) is 11.3 Å². The van der Waals surface area contributed by atoms with Crippen LogP contribution in [0.4, 0.5) is 0 Å². The number of halogens is 1. The molecule has 0 aliphatic rings. The van der Waals surface area contributed by atoms with Crippen molar-refractivity contribution in [2.75, 3.05) is 14.2 Å². The highest BCUT2D eigenvalue weighted by atomic mass is 35.5. The quantitative estimate of drug-likeness (QED) is 0.685. The summed E-state index contributed by atoms with van der Waals surface area (Å²) >= 11 is 7.78. The van der Waals surface area contributed by atoms with E-state index in [-0.39, 0.29) is 0 Å². The second kappa shape index (κ2) is 5.26. The third-order valence-corrected chi connectivity index (χ3v) is 4.09. The molecule has 4 nitrogen and oxygen atoms in total. The summed E-state index contributed by atoms with van der Waals surface area (Å²) in [5, 5.41) is 3.11. The first-order valence-corrected chi connectivity index (χ1v) is 7.12. The fourth-order valence-corrected chi connectivity index (χ4v) is 2.94. The highest BCUT2D eigenvalue weighted by Crippen LogP contribution is 2.35. The van der Waals surface area contributed by atoms with Gasteiger partial charge in [0.2, 0.25) is 0 Å². The van der Waals surface area contributed by atoms with Crippen molar-refractivity contribution in [2.24, 2.45) is 0 Å². The zero-order valence-electron chi connectivity index (χ0n) is 10.9. The number of benzene rings is 1. The molecule has 0 saturated carbocycles. The van der Waals surface area contributed by atoms with Crippen molar-refractivity contribution in [1.29, 1.82) is 0 Å². The van der Waals surface area contributed by atoms with Gasteiger partial charge in [-0.2, -0.15) is 0 Å². The minimum absolute atomic E-state index is 0.402. The minimum Gasteiger partial charge on any atom is -0.497 e. The largest absolute Gasteiger partial charge is 0.497 e. The molecule has 0 N–H and O–H groups in total. The third kappa shape index (κ3) is 2.19. The van der Waals surface area contributed by atoms with Crippen LogP contribution in [0.3, 0.4) is 0 Å². The van der Waals surface area contributed by atoms with Crippen LogP contribution >= 0.6 is 22.9 Å². The van der Waals surface area contributed by atoms with Crippen molar-refractivity contribution < 1.29 is 9.47 Å². The standard InChI is InChI=1S/C14H11ClN2O2S/c1-18-8-3-4-10-9(7-8)13(15)17-14(16-10)12-11(19-2)5-6-20-12/h3-7H,1-2H3. The number of rotatable bonds is 3. The Morgan fingerprint density at radius 1 is 1.10 bits per heavy atom. The van der Waals surface area contributed by atoms with Crippen LogP contribution in [0.1, 0.15) is 0 Å². The highest BCUT2D eigenvalue weighted by molar-refractivity contribution is 7.13. The number of methoxy groups -OCH3 is 2. The SMILES string of the molecule is COc1ccc2nc(-c3sccc3OC)nc(Cl)c2c1. The lowest BCUT2D eigenvalue weighted by molar-refractivity contribution is 0.415. The first kappa shape index (κ1) is 13.1. The first-order valence-electron chi connectivity index (χ1n) is 5.86. The van der Waals surface area contributed by atoms with Crippen molar-refractivity contribution >= 4 is 33.8 Å². The molecule has 3 aromatic rings. The summed E-state index contributed by atoms with van der Waals surface area (Å²) in [5.41, 5.74) is 0.774. The van der Waals surface area contributed by atoms with Gasteiger partial charge in [0.15, 0.2) is 5.82 Å². The summed E-state index contributed by atoms with van der Waals surface area (Å²) in [6.45, 7) is 0. The number of nitrogens with zero attached hydrogens (tertiary/aromatic N) is 2. The molecule has 2 heterocycles. The van der Waals surface area contributed by atoms with Crippen LogP contribution in [-0.4, -0.2) is 24.2 Å². The molecule has 0 amide bonds. The van der Waals surface area contributed by atoms with Crippen LogP contribution in [0.15, 0.2) is 29.6 Å². The molecule has 0 unspecified atom stereocenters. The van der Waals surface area contributed by atoms with E-state index >= 15 is 0 Å². The van der Waals surface area contributed by atoms with Gasteiger partial charge < -0.3 is 9.47 Å². The Morgan fingerprint density at radius 2 is 1.95 bits per heavy atom. The molecule has 0 aliphatic heterocycles. The lowest BCUT2D eigenvalue weighted by atomic mass is 10.2. The summed E-state index contributed by atoms with van der Waals surface area (Å²) < 4.78 is 10.5. The summed E-state index contributed by atoms with van der Waals surface area (Å²) in [5.74, 6) is 2.04. The third-order valence-electron chi connectivity index (χ3n) is 2.91. The van der Waals surface area contributed by atoms with Crippen LogP contribution in [0.25, 0.3) is 21.6 Å². The Hall–Kier alpha value is -1.85. The van der Waals surface area contributed by atoms with Crippen molar-refractivity contribution in [3.8, 4) is 22.2 Å². The van der Waals surface area contributed by atoms with E-state index < -0.39 is 0 Å². The Balaban J connectivity index is 2.20. The fraction of sp³-hybridized carbons (Fsp3) is 0.143. The molecule has 6 heteroatoms. The lowest BCUT2D eigenvalue weighted by Gasteiger charge is -2.06. The second-order valence-electron chi connectivity index (χ2n) is 4.04. The van der Waals surface area contributed by atoms with Gasteiger partial charge in [0.05, 0.1) is 19.7 Å². The molecule has 20 heavy (non-hydrogen) atoms. The average molecular weight is 307 g/mol. The van der Waals surface area contributed by atoms with E-state index in [2.05, 4.69) is 9.97 Å². The van der Waals surface area contributed by atoms with Crippen LogP contribution in [0, 0.1) is 0 Å². The van der Waals surface area contributed by atoms with E-state index in [1.165, 1.54) is 11.3 Å². The molecule has 0 atom stereocenters. The van der Waals surface area contributed by atoms with Gasteiger partial charge in [-0.25, -0.2) is 9.97 Å². The predicted molar refractivity (Wildman–Crippen MR) is 81.0 cm³/mol. The molecule has 0 fully saturated rings. The zero-order valence-corrected chi connectivity index (χ0v) is 12.5. The summed E-state index contributed by atoms with van der Waals surface area (Å²) in [4.78, 5) is 9.77. The molecule has 0 aliphatic carbocycles. The maximum atomic E-state index is 6.26. The number of ether oxygens (including phenoxy) is 2. The Labute approximate surface area is 125 Å². The maximum absolute atomic E-state index is 6.26. The fourth-order valence-electron chi connectivity index (χ4n) is 1.92.